The Morgan fingerprint density at radius 1 is 1.25 bits per heavy atom. The molecule has 2 aromatic rings. The summed E-state index contributed by atoms with van der Waals surface area (Å²) in [5, 5.41) is 0.979. The second-order valence-electron chi connectivity index (χ2n) is 5.31. The highest BCUT2D eigenvalue weighted by atomic mass is 32.1. The second-order valence-corrected chi connectivity index (χ2v) is 6.37. The molecule has 2 nitrogen and oxygen atoms in total. The lowest BCUT2D eigenvalue weighted by Gasteiger charge is -2.27. The van der Waals surface area contributed by atoms with Gasteiger partial charge in [-0.1, -0.05) is 0 Å². The number of alkyl halides is 3. The van der Waals surface area contributed by atoms with E-state index < -0.39 is 11.7 Å². The number of piperidine rings is 1. The highest BCUT2D eigenvalue weighted by molar-refractivity contribution is 7.18. The molecule has 108 valence electrons. The number of benzene rings is 1. The van der Waals surface area contributed by atoms with Crippen LogP contribution in [-0.2, 0) is 6.18 Å². The molecule has 0 saturated carbocycles. The van der Waals surface area contributed by atoms with Gasteiger partial charge in [-0.15, -0.1) is 11.3 Å². The third-order valence-corrected chi connectivity index (χ3v) is 5.00. The Hall–Kier alpha value is -1.14. The number of rotatable bonds is 1. The van der Waals surface area contributed by atoms with E-state index in [1.807, 2.05) is 0 Å². The van der Waals surface area contributed by atoms with Crippen LogP contribution in [0.1, 0.15) is 29.3 Å². The Morgan fingerprint density at radius 3 is 2.60 bits per heavy atom. The minimum atomic E-state index is -4.30. The fourth-order valence-corrected chi connectivity index (χ4v) is 3.67. The molecule has 1 fully saturated rings. The van der Waals surface area contributed by atoms with Crippen molar-refractivity contribution >= 4 is 21.6 Å². The van der Waals surface area contributed by atoms with Gasteiger partial charge < -0.3 is 4.90 Å². The molecule has 1 aliphatic heterocycles. The first kappa shape index (κ1) is 13.8. The van der Waals surface area contributed by atoms with Crippen molar-refractivity contribution in [1.29, 1.82) is 0 Å². The van der Waals surface area contributed by atoms with Gasteiger partial charge in [-0.2, -0.15) is 13.2 Å². The molecule has 1 aliphatic rings. The zero-order valence-corrected chi connectivity index (χ0v) is 11.9. The van der Waals surface area contributed by atoms with Crippen molar-refractivity contribution in [2.45, 2.75) is 24.9 Å². The standard InChI is InChI=1S/C14H15F3N2S/c1-19-6-4-9(5-7-19)13-18-11-8-10(14(15,16)17)2-3-12(11)20-13/h2-3,8-9H,4-7H2,1H3. The molecule has 0 aliphatic carbocycles. The third-order valence-electron chi connectivity index (χ3n) is 3.80. The Labute approximate surface area is 119 Å². The van der Waals surface area contributed by atoms with Crippen LogP contribution in [0.2, 0.25) is 0 Å². The summed E-state index contributed by atoms with van der Waals surface area (Å²) in [6.45, 7) is 2.04. The van der Waals surface area contributed by atoms with Crippen LogP contribution < -0.4 is 0 Å². The van der Waals surface area contributed by atoms with Crippen molar-refractivity contribution in [3.63, 3.8) is 0 Å². The van der Waals surface area contributed by atoms with Crippen molar-refractivity contribution in [3.05, 3.63) is 28.8 Å². The van der Waals surface area contributed by atoms with E-state index in [1.165, 1.54) is 17.4 Å². The van der Waals surface area contributed by atoms with Crippen LogP contribution in [-0.4, -0.2) is 30.0 Å². The topological polar surface area (TPSA) is 16.1 Å². The van der Waals surface area contributed by atoms with Crippen molar-refractivity contribution in [2.75, 3.05) is 20.1 Å². The van der Waals surface area contributed by atoms with Crippen LogP contribution >= 0.6 is 11.3 Å². The SMILES string of the molecule is CN1CCC(c2nc3cc(C(F)(F)F)ccc3s2)CC1. The molecule has 0 spiro atoms. The largest absolute Gasteiger partial charge is 0.416 e. The Kier molecular flexibility index (Phi) is 3.46. The summed E-state index contributed by atoms with van der Waals surface area (Å²) < 4.78 is 38.9. The van der Waals surface area contributed by atoms with Gasteiger partial charge in [-0.05, 0) is 51.2 Å². The van der Waals surface area contributed by atoms with Crippen LogP contribution in [0.3, 0.4) is 0 Å². The molecule has 1 saturated heterocycles. The zero-order valence-electron chi connectivity index (χ0n) is 11.1. The van der Waals surface area contributed by atoms with E-state index in [-0.39, 0.29) is 0 Å². The van der Waals surface area contributed by atoms with E-state index in [9.17, 15) is 13.2 Å². The molecular formula is C14H15F3N2S. The molecule has 0 atom stereocenters. The van der Waals surface area contributed by atoms with Crippen LogP contribution in [0, 0.1) is 0 Å². The Balaban J connectivity index is 1.91. The minimum absolute atomic E-state index is 0.387. The molecule has 0 amide bonds. The van der Waals surface area contributed by atoms with E-state index in [0.717, 1.165) is 47.8 Å². The smallest absolute Gasteiger partial charge is 0.306 e. The molecule has 1 aromatic heterocycles. The fourth-order valence-electron chi connectivity index (χ4n) is 2.55. The number of thiazole rings is 1. The predicted molar refractivity (Wildman–Crippen MR) is 74.1 cm³/mol. The normalized spacial score (nSPS) is 18.8. The number of aromatic nitrogens is 1. The van der Waals surface area contributed by atoms with Gasteiger partial charge in [-0.3, -0.25) is 0 Å². The molecule has 2 heterocycles. The van der Waals surface area contributed by atoms with Crippen molar-refractivity contribution in [2.24, 2.45) is 0 Å². The van der Waals surface area contributed by atoms with Gasteiger partial charge >= 0.3 is 6.18 Å². The maximum absolute atomic E-state index is 12.7. The first-order chi connectivity index (χ1) is 9.43. The maximum Gasteiger partial charge on any atom is 0.416 e. The number of likely N-dealkylation sites (tertiary alicyclic amines) is 1. The number of hydrogen-bond acceptors (Lipinski definition) is 3. The summed E-state index contributed by atoms with van der Waals surface area (Å²) in [6, 6.07) is 3.83. The summed E-state index contributed by atoms with van der Waals surface area (Å²) >= 11 is 1.53. The van der Waals surface area contributed by atoms with Gasteiger partial charge in [0.25, 0.3) is 0 Å². The van der Waals surface area contributed by atoms with Crippen LogP contribution in [0.15, 0.2) is 18.2 Å². The number of fused-ring (bicyclic) bond motifs is 1. The molecule has 20 heavy (non-hydrogen) atoms. The highest BCUT2D eigenvalue weighted by Gasteiger charge is 2.31. The third kappa shape index (κ3) is 2.67. The molecule has 0 radical (unpaired) electrons. The summed E-state index contributed by atoms with van der Waals surface area (Å²) in [7, 11) is 2.09. The fraction of sp³-hybridized carbons (Fsp3) is 0.500. The van der Waals surface area contributed by atoms with Crippen molar-refractivity contribution < 1.29 is 13.2 Å². The van der Waals surface area contributed by atoms with Crippen LogP contribution in [0.5, 0.6) is 0 Å². The lowest BCUT2D eigenvalue weighted by molar-refractivity contribution is -0.137. The predicted octanol–water partition coefficient (Wildman–Crippen LogP) is 4.12. The quantitative estimate of drug-likeness (QED) is 0.787. The lowest BCUT2D eigenvalue weighted by atomic mass is 9.98. The number of halogens is 3. The first-order valence-corrected chi connectivity index (χ1v) is 7.41. The van der Waals surface area contributed by atoms with E-state index in [0.29, 0.717) is 11.4 Å². The van der Waals surface area contributed by atoms with E-state index in [1.54, 1.807) is 0 Å². The molecule has 0 bridgehead atoms. The van der Waals surface area contributed by atoms with Gasteiger partial charge in [0, 0.05) is 5.92 Å². The molecule has 6 heteroatoms. The van der Waals surface area contributed by atoms with Crippen molar-refractivity contribution in [3.8, 4) is 0 Å². The minimum Gasteiger partial charge on any atom is -0.306 e. The molecule has 0 unspecified atom stereocenters. The van der Waals surface area contributed by atoms with E-state index in [4.69, 9.17) is 0 Å². The zero-order chi connectivity index (χ0) is 14.3. The van der Waals surface area contributed by atoms with Crippen molar-refractivity contribution in [1.82, 2.24) is 9.88 Å². The molecular weight excluding hydrogens is 285 g/mol. The van der Waals surface area contributed by atoms with Gasteiger partial charge in [0.15, 0.2) is 0 Å². The summed E-state index contributed by atoms with van der Waals surface area (Å²) in [5.41, 5.74) is -0.149. The maximum atomic E-state index is 12.7. The molecule has 0 N–H and O–H groups in total. The van der Waals surface area contributed by atoms with E-state index in [2.05, 4.69) is 16.9 Å². The highest BCUT2D eigenvalue weighted by Crippen LogP contribution is 2.36. The van der Waals surface area contributed by atoms with E-state index >= 15 is 0 Å². The Morgan fingerprint density at radius 2 is 1.95 bits per heavy atom. The second kappa shape index (κ2) is 5.00. The lowest BCUT2D eigenvalue weighted by Crippen LogP contribution is -2.29. The number of nitrogens with zero attached hydrogens (tertiary/aromatic N) is 2. The average Bonchev–Trinajstić information content (AvgIpc) is 2.81. The van der Waals surface area contributed by atoms with Gasteiger partial charge in [0.1, 0.15) is 0 Å². The summed E-state index contributed by atoms with van der Waals surface area (Å²) in [6.07, 6.45) is -2.24. The monoisotopic (exact) mass is 300 g/mol. The van der Waals surface area contributed by atoms with Crippen LogP contribution in [0.4, 0.5) is 13.2 Å². The van der Waals surface area contributed by atoms with Gasteiger partial charge in [-0.25, -0.2) is 4.98 Å². The van der Waals surface area contributed by atoms with Gasteiger partial charge in [0.2, 0.25) is 0 Å². The first-order valence-electron chi connectivity index (χ1n) is 6.60. The number of hydrogen-bond donors (Lipinski definition) is 0. The Bertz CT molecular complexity index is 612. The summed E-state index contributed by atoms with van der Waals surface area (Å²) in [5.74, 6) is 0.387. The summed E-state index contributed by atoms with van der Waals surface area (Å²) in [4.78, 5) is 6.71. The average molecular weight is 300 g/mol. The van der Waals surface area contributed by atoms with Crippen LogP contribution in [0.25, 0.3) is 10.2 Å². The molecule has 3 rings (SSSR count). The molecule has 1 aromatic carbocycles. The van der Waals surface area contributed by atoms with Gasteiger partial charge in [0.05, 0.1) is 20.8 Å².